The van der Waals surface area contributed by atoms with Gasteiger partial charge >= 0.3 is 47.7 Å². The normalized spacial score (nSPS) is 42.2. The van der Waals surface area contributed by atoms with Crippen LogP contribution < -0.4 is 0 Å². The average molecular weight is 1900 g/mol. The fourth-order valence-electron chi connectivity index (χ4n) is 34.2. The molecule has 8 unspecified atom stereocenters. The highest BCUT2D eigenvalue weighted by Crippen LogP contribution is 2.69. The summed E-state index contributed by atoms with van der Waals surface area (Å²) in [6, 6.07) is 41.4. The van der Waals surface area contributed by atoms with Crippen LogP contribution in [0.3, 0.4) is 0 Å². The second-order valence-corrected chi connectivity index (χ2v) is 53.5. The van der Waals surface area contributed by atoms with Crippen molar-refractivity contribution in [2.24, 2.45) is 140 Å². The molecule has 135 heavy (non-hydrogen) atoms. The van der Waals surface area contributed by atoms with E-state index in [2.05, 4.69) is 136 Å². The Bertz CT molecular complexity index is 4510. The first-order valence-corrected chi connectivity index (χ1v) is 55.2. The van der Waals surface area contributed by atoms with Gasteiger partial charge in [-0.3, -0.25) is 19.2 Å². The molecule has 732 valence electrons. The van der Waals surface area contributed by atoms with Crippen molar-refractivity contribution in [3.05, 3.63) is 121 Å². The van der Waals surface area contributed by atoms with Crippen molar-refractivity contribution in [2.75, 3.05) is 64.4 Å². The summed E-state index contributed by atoms with van der Waals surface area (Å²) >= 11 is 0. The van der Waals surface area contributed by atoms with Gasteiger partial charge in [0.25, 0.3) is 0 Å². The molecule has 8 atom stereocenters. The lowest BCUT2D eigenvalue weighted by Crippen LogP contribution is -2.70. The monoisotopic (exact) mass is 1900 g/mol. The van der Waals surface area contributed by atoms with Crippen LogP contribution in [0.25, 0.3) is 0 Å². The van der Waals surface area contributed by atoms with Crippen LogP contribution in [-0.4, -0.2) is 147 Å². The van der Waals surface area contributed by atoms with Gasteiger partial charge in [-0.1, -0.05) is 87.5 Å². The first-order chi connectivity index (χ1) is 64.7. The molecular formula is C112H144F4O17S2+2. The molecule has 0 aromatic heterocycles. The molecule has 24 bridgehead atoms. The molecule has 24 aliphatic carbocycles. The Hall–Kier alpha value is -6.08. The Morgan fingerprint density at radius 2 is 0.615 bits per heavy atom. The van der Waals surface area contributed by atoms with Gasteiger partial charge in [0, 0.05) is 60.2 Å². The number of carbonyl (C=O) groups excluding carboxylic acids is 6. The molecule has 4 aromatic carbocycles. The van der Waals surface area contributed by atoms with Gasteiger partial charge < -0.3 is 52.1 Å². The molecular weight excluding hydrogens is 1760 g/mol. The molecule has 23 heteroatoms. The lowest BCUT2D eigenvalue weighted by molar-refractivity contribution is -0.403. The lowest BCUT2D eigenvalue weighted by Gasteiger charge is -2.65. The molecule has 24 saturated carbocycles. The largest absolute Gasteiger partial charge is 0.465 e. The number of halogens is 4. The molecule has 2 spiro atoms. The number of alkyl halides is 4. The molecule has 3 heterocycles. The van der Waals surface area contributed by atoms with E-state index in [9.17, 15) is 46.3 Å². The Balaban J connectivity index is 0.000000116. The van der Waals surface area contributed by atoms with Crippen LogP contribution in [0, 0.1) is 140 Å². The van der Waals surface area contributed by atoms with Gasteiger partial charge in [-0.05, 0) is 361 Å². The van der Waals surface area contributed by atoms with Gasteiger partial charge in [0.2, 0.25) is 0 Å². The van der Waals surface area contributed by atoms with Gasteiger partial charge in [0.05, 0.1) is 72.2 Å². The second kappa shape index (κ2) is 36.1. The Labute approximate surface area is 801 Å². The third-order valence-electron chi connectivity index (χ3n) is 38.1. The third kappa shape index (κ3) is 18.4. The number of rotatable bonds is 20. The molecule has 0 radical (unpaired) electrons. The summed E-state index contributed by atoms with van der Waals surface area (Å²) in [7, 11) is 0.417. The number of carbonyl (C=O) groups is 6. The van der Waals surface area contributed by atoms with Crippen molar-refractivity contribution >= 4 is 57.6 Å². The Kier molecular flexibility index (Phi) is 25.1. The van der Waals surface area contributed by atoms with E-state index in [0.717, 1.165) is 116 Å². The zero-order valence-electron chi connectivity index (χ0n) is 80.1. The van der Waals surface area contributed by atoms with Crippen LogP contribution in [0.1, 0.15) is 258 Å². The summed E-state index contributed by atoms with van der Waals surface area (Å²) < 4.78 is 125. The first-order valence-electron chi connectivity index (χ1n) is 52.5. The van der Waals surface area contributed by atoms with Crippen LogP contribution in [-0.2, 0) is 108 Å². The molecule has 27 fully saturated rings. The van der Waals surface area contributed by atoms with E-state index in [-0.39, 0.29) is 125 Å². The maximum Gasteiger partial charge on any atom is 0.377 e. The van der Waals surface area contributed by atoms with Crippen molar-refractivity contribution in [1.82, 2.24) is 0 Å². The number of hydrogen-bond donors (Lipinski definition) is 0. The second-order valence-electron chi connectivity index (χ2n) is 49.2. The van der Waals surface area contributed by atoms with Gasteiger partial charge in [-0.25, -0.2) is 9.59 Å². The third-order valence-corrected chi connectivity index (χ3v) is 42.6. The van der Waals surface area contributed by atoms with Gasteiger partial charge in [-0.15, -0.1) is 0 Å². The molecule has 0 amide bonds. The highest BCUT2D eigenvalue weighted by atomic mass is 32.2. The summed E-state index contributed by atoms with van der Waals surface area (Å²) in [6.45, 7) is 10.9. The average Bonchev–Trinajstić information content (AvgIpc) is 0.709. The van der Waals surface area contributed by atoms with E-state index in [0.29, 0.717) is 147 Å². The van der Waals surface area contributed by atoms with E-state index < -0.39 is 69.6 Å². The minimum absolute atomic E-state index is 0.0146. The summed E-state index contributed by atoms with van der Waals surface area (Å²) in [4.78, 5) is 86.1. The quantitative estimate of drug-likeness (QED) is 0.0349. The number of ether oxygens (including phenoxy) is 11. The molecule has 17 nitrogen and oxygen atoms in total. The van der Waals surface area contributed by atoms with E-state index in [4.69, 9.17) is 52.1 Å². The van der Waals surface area contributed by atoms with Crippen LogP contribution in [0.15, 0.2) is 135 Å². The Morgan fingerprint density at radius 1 is 0.348 bits per heavy atom. The topological polar surface area (TPSA) is 204 Å². The fraction of sp³-hybridized carbons (Fsp3) is 0.732. The van der Waals surface area contributed by atoms with Gasteiger partial charge in [0.1, 0.15) is 48.1 Å². The lowest BCUT2D eigenvalue weighted by atomic mass is 9.49. The van der Waals surface area contributed by atoms with E-state index >= 15 is 0 Å². The van der Waals surface area contributed by atoms with E-state index in [1.165, 1.54) is 114 Å². The molecule has 3 saturated heterocycles. The SMILES string of the molecule is CC(C)(C)c1ccc([S+]2CCOCC2)cc1.CC(F)(F)C(=O)OC12CC3CC(C1)C1(OCC(COC(=O)C45CC6CC(CC(C6)C4)C5)C(COC(=O)C45CC6CC(CC(C6)C4)C5)O1)C(C3)C2.CC(F)(F)C(=O)OC12CC3CC(C1)C1(OCC(COC(=O)C45CC6CC(CC(C6)C4)C5)C(COC(=O)C45CC6CC(CC(C6)C4)C5)O1)C(C3)C2.c1ccc([S+](c2ccccc2)c2ccccc2)cc1. The summed E-state index contributed by atoms with van der Waals surface area (Å²) in [5.41, 5.74) is -1.70. The van der Waals surface area contributed by atoms with Crippen molar-refractivity contribution in [2.45, 2.75) is 325 Å². The molecule has 4 aromatic rings. The zero-order chi connectivity index (χ0) is 93.0. The molecule has 31 rings (SSSR count). The van der Waals surface area contributed by atoms with Crippen LogP contribution in [0.4, 0.5) is 17.6 Å². The van der Waals surface area contributed by atoms with Crippen molar-refractivity contribution in [3.8, 4) is 0 Å². The summed E-state index contributed by atoms with van der Waals surface area (Å²) in [6.07, 6.45) is 31.1. The first kappa shape index (κ1) is 93.9. The summed E-state index contributed by atoms with van der Waals surface area (Å²) in [5.74, 6) is -3.03. The highest BCUT2D eigenvalue weighted by molar-refractivity contribution is 7.97. The van der Waals surface area contributed by atoms with Crippen molar-refractivity contribution < 1.29 is 98.4 Å². The molecule has 3 aliphatic heterocycles. The van der Waals surface area contributed by atoms with E-state index in [1.807, 2.05) is 0 Å². The fourth-order valence-corrected chi connectivity index (χ4v) is 38.1. The Morgan fingerprint density at radius 3 is 0.881 bits per heavy atom. The smallest absolute Gasteiger partial charge is 0.377 e. The molecule has 0 N–H and O–H groups in total. The highest BCUT2D eigenvalue weighted by Gasteiger charge is 2.71. The number of hydrogen-bond acceptors (Lipinski definition) is 17. The van der Waals surface area contributed by atoms with E-state index in [1.54, 1.807) is 0 Å². The number of benzene rings is 4. The minimum atomic E-state index is -3.55. The zero-order valence-corrected chi connectivity index (χ0v) is 81.7. The molecule has 27 aliphatic rings. The maximum atomic E-state index is 14.0. The predicted octanol–water partition coefficient (Wildman–Crippen LogP) is 21.8. The van der Waals surface area contributed by atoms with Gasteiger partial charge in [0.15, 0.2) is 31.2 Å². The predicted molar refractivity (Wildman–Crippen MR) is 499 cm³/mol. The van der Waals surface area contributed by atoms with Crippen molar-refractivity contribution in [3.63, 3.8) is 0 Å². The van der Waals surface area contributed by atoms with Crippen LogP contribution >= 0.6 is 0 Å². The minimum Gasteiger partial charge on any atom is -0.465 e. The number of esters is 6. The standard InChI is InChI=1S/2C40H54F2O8.C18H15S.C14H21OS/c2*1-36(41,42)33(43)50-39-16-28-8-30(17-39)40(31(9-28)18-39)48-20-29(19-46-34(44)37-10-22-2-23(11-37)4-24(3-22)12-37)32(49-40)21-47-35(45)38-13-25-5-26(14-38)7-27(6-25)15-38;1-4-10-16(11-5-1)19(17-12-6-2-7-13-17)18-14-8-3-9-15-18;1-14(2,3)12-4-6-13(7-5-12)16-10-8-15-9-11-16/h2*22-32H,2-21H2,1H3;1-15H;4-7H,8-11H2,1-3H3/q;;2*+1. The van der Waals surface area contributed by atoms with Crippen molar-refractivity contribution in [1.29, 1.82) is 0 Å². The maximum absolute atomic E-state index is 14.0. The van der Waals surface area contributed by atoms with Crippen LogP contribution in [0.2, 0.25) is 0 Å². The van der Waals surface area contributed by atoms with Gasteiger partial charge in [-0.2, -0.15) is 17.6 Å². The summed E-state index contributed by atoms with van der Waals surface area (Å²) in [5, 5.41) is 0. The van der Waals surface area contributed by atoms with Crippen LogP contribution in [0.5, 0.6) is 0 Å².